The topological polar surface area (TPSA) is 95.4 Å². The number of ether oxygens (including phenoxy) is 1. The van der Waals surface area contributed by atoms with E-state index < -0.39 is 10.0 Å². The fraction of sp³-hybridized carbons (Fsp3) is 0.455. The van der Waals surface area contributed by atoms with E-state index in [2.05, 4.69) is 0 Å². The van der Waals surface area contributed by atoms with Crippen LogP contribution in [0.5, 0.6) is 5.75 Å². The zero-order valence-corrected chi connectivity index (χ0v) is 10.2. The first-order chi connectivity index (χ1) is 7.99. The average molecular weight is 256 g/mol. The molecule has 0 aromatic heterocycles. The van der Waals surface area contributed by atoms with Crippen LogP contribution in [0.3, 0.4) is 0 Å². The minimum absolute atomic E-state index is 0.0956. The molecule has 4 N–H and O–H groups in total. The lowest BCUT2D eigenvalue weighted by atomic mass is 9.82. The Morgan fingerprint density at radius 3 is 2.29 bits per heavy atom. The second-order valence-corrected chi connectivity index (χ2v) is 5.89. The van der Waals surface area contributed by atoms with E-state index in [-0.39, 0.29) is 11.0 Å². The fourth-order valence-corrected chi connectivity index (χ4v) is 2.38. The van der Waals surface area contributed by atoms with Crippen LogP contribution in [0, 0.1) is 5.92 Å². The van der Waals surface area contributed by atoms with Crippen molar-refractivity contribution in [1.29, 1.82) is 0 Å². The molecule has 0 saturated heterocycles. The van der Waals surface area contributed by atoms with Gasteiger partial charge in [-0.2, -0.15) is 0 Å². The van der Waals surface area contributed by atoms with Gasteiger partial charge in [0.1, 0.15) is 5.75 Å². The van der Waals surface area contributed by atoms with Gasteiger partial charge in [-0.15, -0.1) is 0 Å². The summed E-state index contributed by atoms with van der Waals surface area (Å²) in [5.74, 6) is 1.22. The molecule has 94 valence electrons. The summed E-state index contributed by atoms with van der Waals surface area (Å²) in [7, 11) is -3.62. The maximum atomic E-state index is 11.0. The SMILES string of the molecule is NCC1CC(Oc2ccc(S(N)(=O)=O)cc2)C1. The molecule has 0 unspecified atom stereocenters. The van der Waals surface area contributed by atoms with E-state index in [1.165, 1.54) is 12.1 Å². The summed E-state index contributed by atoms with van der Waals surface area (Å²) < 4.78 is 27.7. The molecule has 0 heterocycles. The van der Waals surface area contributed by atoms with Crippen LogP contribution in [0.4, 0.5) is 0 Å². The van der Waals surface area contributed by atoms with Crippen LogP contribution >= 0.6 is 0 Å². The molecule has 0 radical (unpaired) electrons. The van der Waals surface area contributed by atoms with E-state index in [0.717, 1.165) is 12.8 Å². The van der Waals surface area contributed by atoms with Crippen molar-refractivity contribution in [1.82, 2.24) is 0 Å². The Balaban J connectivity index is 1.96. The van der Waals surface area contributed by atoms with Gasteiger partial charge in [0.05, 0.1) is 11.0 Å². The molecule has 0 atom stereocenters. The van der Waals surface area contributed by atoms with Crippen molar-refractivity contribution in [2.45, 2.75) is 23.8 Å². The lowest BCUT2D eigenvalue weighted by Crippen LogP contribution is -2.37. The van der Waals surface area contributed by atoms with Gasteiger partial charge in [0.25, 0.3) is 0 Å². The lowest BCUT2D eigenvalue weighted by molar-refractivity contribution is 0.0690. The Kier molecular flexibility index (Phi) is 3.37. The molecule has 2 rings (SSSR count). The number of nitrogens with two attached hydrogens (primary N) is 2. The molecule has 1 saturated carbocycles. The first kappa shape index (κ1) is 12.3. The predicted molar refractivity (Wildman–Crippen MR) is 64.0 cm³/mol. The molecular formula is C11H16N2O3S. The summed E-state index contributed by atoms with van der Waals surface area (Å²) in [5, 5.41) is 5.00. The van der Waals surface area contributed by atoms with Gasteiger partial charge in [-0.25, -0.2) is 13.6 Å². The summed E-state index contributed by atoms with van der Waals surface area (Å²) in [6.45, 7) is 0.699. The molecule has 1 fully saturated rings. The Morgan fingerprint density at radius 1 is 1.24 bits per heavy atom. The van der Waals surface area contributed by atoms with Crippen molar-refractivity contribution >= 4 is 10.0 Å². The monoisotopic (exact) mass is 256 g/mol. The van der Waals surface area contributed by atoms with Crippen molar-refractivity contribution in [3.05, 3.63) is 24.3 Å². The molecule has 0 amide bonds. The van der Waals surface area contributed by atoms with Crippen LogP contribution in [0.25, 0.3) is 0 Å². The van der Waals surface area contributed by atoms with Crippen LogP contribution in [0.2, 0.25) is 0 Å². The van der Waals surface area contributed by atoms with Gasteiger partial charge < -0.3 is 10.5 Å². The van der Waals surface area contributed by atoms with E-state index >= 15 is 0 Å². The summed E-state index contributed by atoms with van der Waals surface area (Å²) in [6, 6.07) is 6.14. The van der Waals surface area contributed by atoms with Crippen molar-refractivity contribution < 1.29 is 13.2 Å². The number of hydrogen-bond acceptors (Lipinski definition) is 4. The van der Waals surface area contributed by atoms with Gasteiger partial charge in [0.2, 0.25) is 10.0 Å². The Morgan fingerprint density at radius 2 is 1.82 bits per heavy atom. The van der Waals surface area contributed by atoms with Gasteiger partial charge in [-0.05, 0) is 49.6 Å². The zero-order chi connectivity index (χ0) is 12.5. The van der Waals surface area contributed by atoms with Gasteiger partial charge in [-0.3, -0.25) is 0 Å². The minimum Gasteiger partial charge on any atom is -0.490 e. The van der Waals surface area contributed by atoms with Crippen LogP contribution in [0.1, 0.15) is 12.8 Å². The molecule has 1 aromatic carbocycles. The summed E-state index contributed by atoms with van der Waals surface area (Å²) >= 11 is 0. The van der Waals surface area contributed by atoms with Gasteiger partial charge in [0.15, 0.2) is 0 Å². The zero-order valence-electron chi connectivity index (χ0n) is 9.37. The third kappa shape index (κ3) is 2.96. The fourth-order valence-electron chi connectivity index (χ4n) is 1.86. The normalized spacial score (nSPS) is 24.1. The van der Waals surface area contributed by atoms with E-state index in [1.54, 1.807) is 12.1 Å². The van der Waals surface area contributed by atoms with E-state index in [9.17, 15) is 8.42 Å². The Hall–Kier alpha value is -1.11. The molecule has 1 aliphatic carbocycles. The quantitative estimate of drug-likeness (QED) is 0.817. The molecule has 0 bridgehead atoms. The highest BCUT2D eigenvalue weighted by atomic mass is 32.2. The molecule has 1 aliphatic rings. The van der Waals surface area contributed by atoms with Crippen molar-refractivity contribution in [3.8, 4) is 5.75 Å². The number of primary sulfonamides is 1. The van der Waals surface area contributed by atoms with Crippen LogP contribution in [-0.4, -0.2) is 21.1 Å². The van der Waals surface area contributed by atoms with E-state index in [0.29, 0.717) is 18.2 Å². The minimum atomic E-state index is -3.62. The second kappa shape index (κ2) is 4.64. The Labute approximate surface area is 101 Å². The summed E-state index contributed by atoms with van der Waals surface area (Å²) in [4.78, 5) is 0.0956. The molecular weight excluding hydrogens is 240 g/mol. The van der Waals surface area contributed by atoms with Gasteiger partial charge >= 0.3 is 0 Å². The highest BCUT2D eigenvalue weighted by Crippen LogP contribution is 2.30. The van der Waals surface area contributed by atoms with Crippen molar-refractivity contribution in [2.24, 2.45) is 16.8 Å². The molecule has 6 heteroatoms. The highest BCUT2D eigenvalue weighted by Gasteiger charge is 2.29. The van der Waals surface area contributed by atoms with Crippen molar-refractivity contribution in [3.63, 3.8) is 0 Å². The van der Waals surface area contributed by atoms with Crippen LogP contribution in [-0.2, 0) is 10.0 Å². The van der Waals surface area contributed by atoms with Crippen molar-refractivity contribution in [2.75, 3.05) is 6.54 Å². The molecule has 0 spiro atoms. The van der Waals surface area contributed by atoms with Gasteiger partial charge in [-0.1, -0.05) is 0 Å². The first-order valence-corrected chi connectivity index (χ1v) is 7.03. The molecule has 5 nitrogen and oxygen atoms in total. The molecule has 1 aromatic rings. The lowest BCUT2D eigenvalue weighted by Gasteiger charge is -2.34. The number of benzene rings is 1. The second-order valence-electron chi connectivity index (χ2n) is 4.33. The maximum Gasteiger partial charge on any atom is 0.238 e. The third-order valence-electron chi connectivity index (χ3n) is 2.98. The average Bonchev–Trinajstić information content (AvgIpc) is 2.22. The molecule has 17 heavy (non-hydrogen) atoms. The number of hydrogen-bond donors (Lipinski definition) is 2. The van der Waals surface area contributed by atoms with Crippen LogP contribution in [0.15, 0.2) is 29.2 Å². The number of rotatable bonds is 4. The predicted octanol–water partition coefficient (Wildman–Crippen LogP) is 0.450. The first-order valence-electron chi connectivity index (χ1n) is 5.48. The third-order valence-corrected chi connectivity index (χ3v) is 3.91. The van der Waals surface area contributed by atoms with E-state index in [1.807, 2.05) is 0 Å². The Bertz CT molecular complexity index is 478. The summed E-state index contributed by atoms with van der Waals surface area (Å²) in [6.07, 6.45) is 2.13. The smallest absolute Gasteiger partial charge is 0.238 e. The van der Waals surface area contributed by atoms with Crippen LogP contribution < -0.4 is 15.6 Å². The number of sulfonamides is 1. The summed E-state index contributed by atoms with van der Waals surface area (Å²) in [5.41, 5.74) is 5.52. The van der Waals surface area contributed by atoms with E-state index in [4.69, 9.17) is 15.6 Å². The standard InChI is InChI=1S/C11H16N2O3S/c12-7-8-5-10(6-8)16-9-1-3-11(4-2-9)17(13,14)15/h1-4,8,10H,5-7,12H2,(H2,13,14,15). The highest BCUT2D eigenvalue weighted by molar-refractivity contribution is 7.89. The van der Waals surface area contributed by atoms with Gasteiger partial charge in [0, 0.05) is 0 Å². The largest absolute Gasteiger partial charge is 0.490 e. The maximum absolute atomic E-state index is 11.0. The molecule has 0 aliphatic heterocycles.